The number of amides is 1. The van der Waals surface area contributed by atoms with Crippen molar-refractivity contribution in [2.45, 2.75) is 24.9 Å². The zero-order valence-electron chi connectivity index (χ0n) is 12.4. The first-order valence-corrected chi connectivity index (χ1v) is 7.68. The Morgan fingerprint density at radius 3 is 2.46 bits per heavy atom. The summed E-state index contributed by atoms with van der Waals surface area (Å²) in [6, 6.07) is 6.74. The number of halogens is 4. The molecule has 0 atom stereocenters. The van der Waals surface area contributed by atoms with Gasteiger partial charge in [-0.05, 0) is 25.0 Å². The van der Waals surface area contributed by atoms with Crippen molar-refractivity contribution in [1.82, 2.24) is 15.1 Å². The normalized spacial score (nSPS) is 16.4. The van der Waals surface area contributed by atoms with Crippen molar-refractivity contribution in [3.8, 4) is 0 Å². The Labute approximate surface area is 140 Å². The van der Waals surface area contributed by atoms with Crippen LogP contribution in [0.3, 0.4) is 0 Å². The summed E-state index contributed by atoms with van der Waals surface area (Å²) >= 11 is 6.02. The second kappa shape index (κ2) is 6.43. The molecule has 1 saturated heterocycles. The predicted molar refractivity (Wildman–Crippen MR) is 78.6 cm³/mol. The maximum atomic E-state index is 12.5. The molecule has 0 saturated carbocycles. The summed E-state index contributed by atoms with van der Waals surface area (Å²) in [6.45, 7) is 0.775. The number of benzene rings is 1. The quantitative estimate of drug-likeness (QED) is 0.819. The Bertz CT molecular complexity index is 740. The average molecular weight is 360 g/mol. The third-order valence-electron chi connectivity index (χ3n) is 3.92. The third kappa shape index (κ3) is 3.38. The highest BCUT2D eigenvalue weighted by Crippen LogP contribution is 2.33. The summed E-state index contributed by atoms with van der Waals surface area (Å²) in [5, 5.41) is 6.90. The van der Waals surface area contributed by atoms with Gasteiger partial charge in [-0.2, -0.15) is 13.2 Å². The molecular formula is C15H13ClF3N3O2. The van der Waals surface area contributed by atoms with Crippen molar-refractivity contribution in [2.75, 3.05) is 13.1 Å². The van der Waals surface area contributed by atoms with E-state index in [4.69, 9.17) is 16.0 Å². The topological polar surface area (TPSA) is 59.2 Å². The van der Waals surface area contributed by atoms with Crippen LogP contribution in [0.2, 0.25) is 5.02 Å². The van der Waals surface area contributed by atoms with Crippen molar-refractivity contribution in [2.24, 2.45) is 0 Å². The lowest BCUT2D eigenvalue weighted by atomic mass is 9.96. The Kier molecular flexibility index (Phi) is 4.49. The summed E-state index contributed by atoms with van der Waals surface area (Å²) in [5.41, 5.74) is 0.412. The smallest absolute Gasteiger partial charge is 0.417 e. The molecule has 24 heavy (non-hydrogen) atoms. The van der Waals surface area contributed by atoms with E-state index in [2.05, 4.69) is 10.2 Å². The van der Waals surface area contributed by atoms with Gasteiger partial charge in [0.05, 0.1) is 10.6 Å². The van der Waals surface area contributed by atoms with Crippen LogP contribution < -0.4 is 0 Å². The van der Waals surface area contributed by atoms with E-state index in [1.165, 1.54) is 0 Å². The molecule has 0 bridgehead atoms. The standard InChI is InChI=1S/C15H13ClF3N3O2/c16-11-4-2-1-3-10(11)13(23)22-7-5-9(6-8-22)12-20-21-14(24-12)15(17,18)19/h1-4,9H,5-8H2. The fraction of sp³-hybridized carbons (Fsp3) is 0.400. The van der Waals surface area contributed by atoms with Crippen LogP contribution in [0.4, 0.5) is 13.2 Å². The van der Waals surface area contributed by atoms with E-state index in [-0.39, 0.29) is 17.7 Å². The zero-order valence-corrected chi connectivity index (χ0v) is 13.1. The van der Waals surface area contributed by atoms with Crippen LogP contribution in [0.1, 0.15) is 40.9 Å². The molecule has 2 heterocycles. The molecule has 1 aromatic heterocycles. The molecule has 1 fully saturated rings. The van der Waals surface area contributed by atoms with Crippen LogP contribution in [-0.4, -0.2) is 34.1 Å². The fourth-order valence-electron chi connectivity index (χ4n) is 2.65. The minimum atomic E-state index is -4.65. The first kappa shape index (κ1) is 16.8. The Hall–Kier alpha value is -2.09. The molecule has 0 spiro atoms. The molecule has 0 N–H and O–H groups in total. The maximum absolute atomic E-state index is 12.5. The van der Waals surface area contributed by atoms with Gasteiger partial charge in [-0.1, -0.05) is 23.7 Å². The minimum Gasteiger partial charge on any atom is -0.417 e. The number of carbonyl (C=O) groups excluding carboxylic acids is 1. The van der Waals surface area contributed by atoms with Gasteiger partial charge in [0.2, 0.25) is 5.89 Å². The van der Waals surface area contributed by atoms with Crippen LogP contribution >= 0.6 is 11.6 Å². The van der Waals surface area contributed by atoms with Crippen LogP contribution in [0.15, 0.2) is 28.7 Å². The highest BCUT2D eigenvalue weighted by Gasteiger charge is 2.39. The van der Waals surface area contributed by atoms with Gasteiger partial charge < -0.3 is 9.32 Å². The predicted octanol–water partition coefficient (Wildman–Crippen LogP) is 3.76. The first-order chi connectivity index (χ1) is 11.4. The van der Waals surface area contributed by atoms with Gasteiger partial charge in [-0.25, -0.2) is 0 Å². The molecule has 1 amide bonds. The molecule has 0 aliphatic carbocycles. The summed E-state index contributed by atoms with van der Waals surface area (Å²) in [4.78, 5) is 14.1. The number of rotatable bonds is 2. The van der Waals surface area contributed by atoms with Crippen molar-refractivity contribution in [3.63, 3.8) is 0 Å². The molecule has 1 aromatic carbocycles. The molecular weight excluding hydrogens is 347 g/mol. The Balaban J connectivity index is 1.65. The zero-order chi connectivity index (χ0) is 17.3. The monoisotopic (exact) mass is 359 g/mol. The maximum Gasteiger partial charge on any atom is 0.470 e. The molecule has 1 aliphatic heterocycles. The van der Waals surface area contributed by atoms with Crippen LogP contribution in [0.5, 0.6) is 0 Å². The average Bonchev–Trinajstić information content (AvgIpc) is 3.05. The lowest BCUT2D eigenvalue weighted by molar-refractivity contribution is -0.157. The van der Waals surface area contributed by atoms with Crippen molar-refractivity contribution >= 4 is 17.5 Å². The van der Waals surface area contributed by atoms with E-state index in [0.717, 1.165) is 0 Å². The van der Waals surface area contributed by atoms with Gasteiger partial charge in [0.1, 0.15) is 0 Å². The van der Waals surface area contributed by atoms with E-state index >= 15 is 0 Å². The van der Waals surface area contributed by atoms with Gasteiger partial charge in [-0.3, -0.25) is 4.79 Å². The highest BCUT2D eigenvalue weighted by atomic mass is 35.5. The van der Waals surface area contributed by atoms with Crippen LogP contribution in [0.25, 0.3) is 0 Å². The summed E-state index contributed by atoms with van der Waals surface area (Å²) in [7, 11) is 0. The van der Waals surface area contributed by atoms with E-state index in [1.807, 2.05) is 0 Å². The molecule has 3 rings (SSSR count). The number of likely N-dealkylation sites (tertiary alicyclic amines) is 1. The van der Waals surface area contributed by atoms with E-state index in [9.17, 15) is 18.0 Å². The van der Waals surface area contributed by atoms with Gasteiger partial charge in [0, 0.05) is 19.0 Å². The molecule has 2 aromatic rings. The number of carbonyl (C=O) groups is 1. The van der Waals surface area contributed by atoms with Gasteiger partial charge in [-0.15, -0.1) is 10.2 Å². The number of hydrogen-bond donors (Lipinski definition) is 0. The largest absolute Gasteiger partial charge is 0.470 e. The van der Waals surface area contributed by atoms with Gasteiger partial charge in [0.15, 0.2) is 0 Å². The van der Waals surface area contributed by atoms with Crippen molar-refractivity contribution in [3.05, 3.63) is 46.6 Å². The molecule has 1 aliphatic rings. The fourth-order valence-corrected chi connectivity index (χ4v) is 2.87. The number of alkyl halides is 3. The SMILES string of the molecule is O=C(c1ccccc1Cl)N1CCC(c2nnc(C(F)(F)F)o2)CC1. The molecule has 0 radical (unpaired) electrons. The summed E-state index contributed by atoms with van der Waals surface area (Å²) < 4.78 is 42.2. The summed E-state index contributed by atoms with van der Waals surface area (Å²) in [6.07, 6.45) is -3.74. The van der Waals surface area contributed by atoms with E-state index in [0.29, 0.717) is 36.5 Å². The molecule has 128 valence electrons. The Morgan fingerprint density at radius 2 is 1.88 bits per heavy atom. The minimum absolute atomic E-state index is 0.0350. The van der Waals surface area contributed by atoms with E-state index < -0.39 is 12.1 Å². The van der Waals surface area contributed by atoms with Crippen molar-refractivity contribution in [1.29, 1.82) is 0 Å². The third-order valence-corrected chi connectivity index (χ3v) is 4.25. The number of aromatic nitrogens is 2. The number of piperidine rings is 1. The number of hydrogen-bond acceptors (Lipinski definition) is 4. The Morgan fingerprint density at radius 1 is 1.21 bits per heavy atom. The van der Waals surface area contributed by atoms with Crippen molar-refractivity contribution < 1.29 is 22.4 Å². The lowest BCUT2D eigenvalue weighted by Crippen LogP contribution is -2.38. The first-order valence-electron chi connectivity index (χ1n) is 7.30. The number of nitrogens with zero attached hydrogens (tertiary/aromatic N) is 3. The lowest BCUT2D eigenvalue weighted by Gasteiger charge is -2.30. The molecule has 0 unspecified atom stereocenters. The highest BCUT2D eigenvalue weighted by molar-refractivity contribution is 6.33. The van der Waals surface area contributed by atoms with Gasteiger partial charge >= 0.3 is 12.1 Å². The van der Waals surface area contributed by atoms with E-state index in [1.54, 1.807) is 29.2 Å². The summed E-state index contributed by atoms with van der Waals surface area (Å²) in [5.74, 6) is -1.86. The van der Waals surface area contributed by atoms with Crippen LogP contribution in [0, 0.1) is 0 Å². The second-order valence-electron chi connectivity index (χ2n) is 5.49. The van der Waals surface area contributed by atoms with Crippen LogP contribution in [-0.2, 0) is 6.18 Å². The van der Waals surface area contributed by atoms with Gasteiger partial charge in [0.25, 0.3) is 5.91 Å². The molecule has 9 heteroatoms. The second-order valence-corrected chi connectivity index (χ2v) is 5.90. The molecule has 5 nitrogen and oxygen atoms in total.